The van der Waals surface area contributed by atoms with E-state index in [0.29, 0.717) is 40.9 Å². The van der Waals surface area contributed by atoms with E-state index in [1.54, 1.807) is 12.1 Å². The number of halogens is 1. The first kappa shape index (κ1) is 24.6. The number of aromatic hydroxyl groups is 1. The Morgan fingerprint density at radius 3 is 2.74 bits per heavy atom. The van der Waals surface area contributed by atoms with Crippen LogP contribution in [0.25, 0.3) is 11.3 Å². The van der Waals surface area contributed by atoms with Gasteiger partial charge in [-0.25, -0.2) is 22.5 Å². The fraction of sp³-hybridized carbons (Fsp3) is 0.478. The summed E-state index contributed by atoms with van der Waals surface area (Å²) < 4.78 is 31.2. The van der Waals surface area contributed by atoms with E-state index in [4.69, 9.17) is 4.74 Å². The largest absolute Gasteiger partial charge is 0.507 e. The van der Waals surface area contributed by atoms with Gasteiger partial charge in [-0.2, -0.15) is 0 Å². The van der Waals surface area contributed by atoms with Crippen LogP contribution >= 0.6 is 12.4 Å². The molecule has 2 aromatic rings. The highest BCUT2D eigenvalue weighted by Crippen LogP contribution is 2.42. The number of fused-ring (bicyclic) bond motifs is 1. The highest BCUT2D eigenvalue weighted by atomic mass is 35.5. The van der Waals surface area contributed by atoms with E-state index in [1.807, 2.05) is 12.1 Å². The van der Waals surface area contributed by atoms with Gasteiger partial charge in [0.2, 0.25) is 10.0 Å². The molecule has 3 aliphatic rings. The monoisotopic (exact) mass is 508 g/mol. The predicted octanol–water partition coefficient (Wildman–Crippen LogP) is 3.44. The molecule has 1 aromatic carbocycles. The van der Waals surface area contributed by atoms with Gasteiger partial charge in [0.1, 0.15) is 17.3 Å². The number of phenols is 1. The summed E-state index contributed by atoms with van der Waals surface area (Å²) in [6.45, 7) is 2.20. The quantitative estimate of drug-likeness (QED) is 0.546. The predicted molar refractivity (Wildman–Crippen MR) is 131 cm³/mol. The molecular weight excluding hydrogens is 480 g/mol. The van der Waals surface area contributed by atoms with Gasteiger partial charge in [0.05, 0.1) is 30.7 Å². The van der Waals surface area contributed by atoms with Crippen molar-refractivity contribution in [1.82, 2.24) is 14.6 Å². The van der Waals surface area contributed by atoms with Crippen LogP contribution in [0.4, 0.5) is 10.6 Å². The average Bonchev–Trinajstić information content (AvgIpc) is 3.61. The van der Waals surface area contributed by atoms with Crippen molar-refractivity contribution in [1.29, 1.82) is 0 Å². The zero-order valence-electron chi connectivity index (χ0n) is 18.9. The molecule has 1 saturated carbocycles. The van der Waals surface area contributed by atoms with E-state index in [1.165, 1.54) is 0 Å². The van der Waals surface area contributed by atoms with Crippen molar-refractivity contribution in [2.75, 3.05) is 31.3 Å². The Morgan fingerprint density at radius 1 is 1.26 bits per heavy atom. The molecule has 3 N–H and O–H groups in total. The van der Waals surface area contributed by atoms with Crippen molar-refractivity contribution in [3.63, 3.8) is 0 Å². The number of urea groups is 1. The number of benzene rings is 1. The molecule has 9 nitrogen and oxygen atoms in total. The molecule has 0 bridgehead atoms. The smallest absolute Gasteiger partial charge is 0.336 e. The maximum atomic E-state index is 12.6. The second-order valence-corrected chi connectivity index (χ2v) is 11.0. The Morgan fingerprint density at radius 2 is 2.06 bits per heavy atom. The molecule has 2 fully saturated rings. The minimum Gasteiger partial charge on any atom is -0.507 e. The van der Waals surface area contributed by atoms with Crippen LogP contribution in [0.2, 0.25) is 0 Å². The molecule has 1 aromatic heterocycles. The molecule has 2 aliphatic heterocycles. The summed E-state index contributed by atoms with van der Waals surface area (Å²) in [5, 5.41) is 16.8. The van der Waals surface area contributed by atoms with Crippen LogP contribution in [-0.4, -0.2) is 54.8 Å². The summed E-state index contributed by atoms with van der Waals surface area (Å²) >= 11 is 0. The molecular formula is C23H29ClN4O5S. The van der Waals surface area contributed by atoms with Gasteiger partial charge in [0.25, 0.3) is 0 Å². The first-order valence-corrected chi connectivity index (χ1v) is 13.1. The van der Waals surface area contributed by atoms with Gasteiger partial charge in [0, 0.05) is 12.1 Å². The molecule has 5 rings (SSSR count). The van der Waals surface area contributed by atoms with Crippen molar-refractivity contribution < 1.29 is 23.1 Å². The van der Waals surface area contributed by atoms with Gasteiger partial charge in [-0.1, -0.05) is 6.07 Å². The number of carbonyl (C=O) groups is 1. The molecule has 1 unspecified atom stereocenters. The molecule has 0 spiro atoms. The van der Waals surface area contributed by atoms with E-state index in [-0.39, 0.29) is 30.6 Å². The van der Waals surface area contributed by atoms with Crippen LogP contribution in [-0.2, 0) is 16.6 Å². The summed E-state index contributed by atoms with van der Waals surface area (Å²) in [5.74, 6) is 1.59. The van der Waals surface area contributed by atoms with E-state index in [9.17, 15) is 18.3 Å². The Hall–Kier alpha value is -2.56. The number of rotatable bonds is 6. The standard InChI is InChI=1S/C23H28N4O5S.ClH/c1-33(30,31)27-12-17-16(15-4-3-9-24-11-15)10-18(25-22(17)26-23(27)29)21-19(28)5-2-6-20(21)32-13-14-7-8-14;/h2,5-6,10,14-15,24,28H,3-4,7-9,11-13H2,1H3,(H,25,26,29);1H. The third-order valence-electron chi connectivity index (χ3n) is 6.48. The summed E-state index contributed by atoms with van der Waals surface area (Å²) in [6, 6.07) is 6.31. The lowest BCUT2D eigenvalue weighted by Gasteiger charge is -2.32. The van der Waals surface area contributed by atoms with E-state index in [2.05, 4.69) is 15.6 Å². The Labute approximate surface area is 205 Å². The number of amides is 2. The lowest BCUT2D eigenvalue weighted by Crippen LogP contribution is -2.43. The first-order chi connectivity index (χ1) is 15.8. The van der Waals surface area contributed by atoms with E-state index < -0.39 is 16.1 Å². The second kappa shape index (κ2) is 9.59. The third-order valence-corrected chi connectivity index (χ3v) is 7.58. The number of ether oxygens (including phenoxy) is 1. The maximum Gasteiger partial charge on any atom is 0.336 e. The van der Waals surface area contributed by atoms with Crippen molar-refractivity contribution in [2.24, 2.45) is 5.92 Å². The van der Waals surface area contributed by atoms with E-state index >= 15 is 0 Å². The maximum absolute atomic E-state index is 12.6. The van der Waals surface area contributed by atoms with Crippen LogP contribution in [0, 0.1) is 5.92 Å². The number of nitrogens with zero attached hydrogens (tertiary/aromatic N) is 2. The number of hydrogen-bond donors (Lipinski definition) is 3. The van der Waals surface area contributed by atoms with Gasteiger partial charge in [-0.3, -0.25) is 5.32 Å². The molecule has 34 heavy (non-hydrogen) atoms. The van der Waals surface area contributed by atoms with Crippen molar-refractivity contribution >= 4 is 34.3 Å². The summed E-state index contributed by atoms with van der Waals surface area (Å²) in [7, 11) is -3.73. The van der Waals surface area contributed by atoms with Crippen LogP contribution in [0.1, 0.15) is 42.7 Å². The van der Waals surface area contributed by atoms with Crippen LogP contribution in [0.15, 0.2) is 24.3 Å². The van der Waals surface area contributed by atoms with Gasteiger partial charge in [-0.05, 0) is 67.8 Å². The number of pyridine rings is 1. The summed E-state index contributed by atoms with van der Waals surface area (Å²) in [5.41, 5.74) is 2.58. The minimum absolute atomic E-state index is 0. The molecule has 1 atom stereocenters. The topological polar surface area (TPSA) is 121 Å². The fourth-order valence-corrected chi connectivity index (χ4v) is 5.22. The number of aromatic nitrogens is 1. The highest BCUT2D eigenvalue weighted by molar-refractivity contribution is 7.88. The Bertz CT molecular complexity index is 1200. The zero-order valence-corrected chi connectivity index (χ0v) is 20.5. The minimum atomic E-state index is -3.73. The molecule has 3 heterocycles. The number of nitrogens with one attached hydrogen (secondary N) is 2. The molecule has 1 saturated heterocycles. The number of sulfonamides is 1. The third kappa shape index (κ3) is 4.94. The molecule has 0 radical (unpaired) electrons. The summed E-state index contributed by atoms with van der Waals surface area (Å²) in [6.07, 6.45) is 5.24. The van der Waals surface area contributed by atoms with Crippen molar-refractivity contribution in [3.8, 4) is 22.8 Å². The fourth-order valence-electron chi connectivity index (χ4n) is 4.51. The van der Waals surface area contributed by atoms with Gasteiger partial charge < -0.3 is 15.2 Å². The van der Waals surface area contributed by atoms with Gasteiger partial charge >= 0.3 is 6.03 Å². The van der Waals surface area contributed by atoms with Gasteiger partial charge in [-0.15, -0.1) is 12.4 Å². The highest BCUT2D eigenvalue weighted by Gasteiger charge is 2.34. The van der Waals surface area contributed by atoms with E-state index in [0.717, 1.165) is 54.9 Å². The van der Waals surface area contributed by atoms with Gasteiger partial charge in [0.15, 0.2) is 0 Å². The molecule has 184 valence electrons. The van der Waals surface area contributed by atoms with Crippen molar-refractivity contribution in [3.05, 3.63) is 35.4 Å². The number of anilines is 1. The number of piperidine rings is 1. The normalized spacial score (nSPS) is 20.2. The van der Waals surface area contributed by atoms with Crippen LogP contribution < -0.4 is 15.4 Å². The first-order valence-electron chi connectivity index (χ1n) is 11.3. The SMILES string of the molecule is CS(=O)(=O)N1Cc2c(C3CCCNC3)cc(-c3c(O)cccc3OCC3CC3)nc2NC1=O.Cl. The number of carbonyl (C=O) groups excluding carboxylic acids is 1. The Balaban J connectivity index is 0.00000274. The zero-order chi connectivity index (χ0) is 23.2. The lowest BCUT2D eigenvalue weighted by molar-refractivity contribution is 0.233. The Kier molecular flexibility index (Phi) is 6.93. The van der Waals surface area contributed by atoms with Crippen molar-refractivity contribution in [2.45, 2.75) is 38.1 Å². The number of hydrogen-bond acceptors (Lipinski definition) is 7. The van der Waals surface area contributed by atoms with Crippen LogP contribution in [0.3, 0.4) is 0 Å². The van der Waals surface area contributed by atoms with Crippen LogP contribution in [0.5, 0.6) is 11.5 Å². The summed E-state index contributed by atoms with van der Waals surface area (Å²) in [4.78, 5) is 17.2. The lowest BCUT2D eigenvalue weighted by atomic mass is 9.87. The molecule has 2 amide bonds. The second-order valence-electron chi connectivity index (χ2n) is 9.07. The number of phenolic OH excluding ortho intramolecular Hbond substituents is 1. The molecule has 1 aliphatic carbocycles. The molecule has 11 heteroatoms. The average molecular weight is 509 g/mol.